The Labute approximate surface area is 186 Å². The van der Waals surface area contributed by atoms with Crippen LogP contribution in [0.4, 0.5) is 10.5 Å². The number of hydrogen-bond donors (Lipinski definition) is 3. The summed E-state index contributed by atoms with van der Waals surface area (Å²) in [5, 5.41) is 13.1. The molecule has 3 rings (SSSR count). The summed E-state index contributed by atoms with van der Waals surface area (Å²) in [5.74, 6) is -0.272. The van der Waals surface area contributed by atoms with E-state index in [0.717, 1.165) is 0 Å². The number of benzene rings is 2. The van der Waals surface area contributed by atoms with Crippen molar-refractivity contribution in [1.29, 1.82) is 0 Å². The Hall–Kier alpha value is -3.75. The highest BCUT2D eigenvalue weighted by Crippen LogP contribution is 2.30. The fourth-order valence-electron chi connectivity index (χ4n) is 3.60. The van der Waals surface area contributed by atoms with Crippen LogP contribution in [0.25, 0.3) is 0 Å². The largest absolute Gasteiger partial charge is 0.508 e. The van der Waals surface area contributed by atoms with E-state index in [-0.39, 0.29) is 18.2 Å². The van der Waals surface area contributed by atoms with E-state index in [4.69, 9.17) is 4.74 Å². The van der Waals surface area contributed by atoms with Gasteiger partial charge in [-0.3, -0.25) is 15.0 Å². The number of methoxy groups -OCH3 is 1. The van der Waals surface area contributed by atoms with Crippen LogP contribution in [0.5, 0.6) is 11.5 Å². The highest BCUT2D eigenvalue weighted by atomic mass is 16.5. The molecule has 1 fully saturated rings. The first-order valence-corrected chi connectivity index (χ1v) is 10.3. The van der Waals surface area contributed by atoms with Crippen LogP contribution in [-0.4, -0.2) is 48.2 Å². The average Bonchev–Trinajstić information content (AvgIpc) is 2.97. The summed E-state index contributed by atoms with van der Waals surface area (Å²) in [5.41, 5.74) is 2.27. The molecule has 0 radical (unpaired) electrons. The van der Waals surface area contributed by atoms with Gasteiger partial charge < -0.3 is 20.1 Å². The predicted molar refractivity (Wildman–Crippen MR) is 119 cm³/mol. The zero-order chi connectivity index (χ0) is 23.5. The summed E-state index contributed by atoms with van der Waals surface area (Å²) in [6, 6.07) is 12.7. The maximum Gasteiger partial charge on any atom is 0.344 e. The SMILES string of the molecule is COc1cccc(C2(C)NC(=O)N(NC(=O)CN(CC(C)C)c3cccc(O)c3)C2=O)c1. The van der Waals surface area contributed by atoms with Crippen LogP contribution in [-0.2, 0) is 15.1 Å². The van der Waals surface area contributed by atoms with Crippen molar-refractivity contribution in [3.05, 3.63) is 54.1 Å². The molecule has 2 aromatic rings. The number of imide groups is 1. The molecule has 1 unspecified atom stereocenters. The Bertz CT molecular complexity index is 1020. The van der Waals surface area contributed by atoms with Gasteiger partial charge in [-0.15, -0.1) is 0 Å². The maximum absolute atomic E-state index is 13.1. The van der Waals surface area contributed by atoms with E-state index in [1.807, 2.05) is 13.8 Å². The van der Waals surface area contributed by atoms with Gasteiger partial charge in [-0.05, 0) is 42.7 Å². The quantitative estimate of drug-likeness (QED) is 0.544. The number of carbonyl (C=O) groups excluding carboxylic acids is 3. The van der Waals surface area contributed by atoms with Crippen molar-refractivity contribution < 1.29 is 24.2 Å². The van der Waals surface area contributed by atoms with Crippen molar-refractivity contribution in [1.82, 2.24) is 15.8 Å². The summed E-state index contributed by atoms with van der Waals surface area (Å²) in [6.45, 7) is 6.02. The lowest BCUT2D eigenvalue weighted by atomic mass is 9.92. The van der Waals surface area contributed by atoms with Gasteiger partial charge in [0, 0.05) is 18.3 Å². The fourth-order valence-corrected chi connectivity index (χ4v) is 3.60. The summed E-state index contributed by atoms with van der Waals surface area (Å²) >= 11 is 0. The fraction of sp³-hybridized carbons (Fsp3) is 0.348. The number of amides is 4. The molecule has 1 heterocycles. The number of anilines is 1. The standard InChI is InChI=1S/C23H28N4O5/c1-15(2)13-26(17-8-6-9-18(28)12-17)14-20(29)25-27-21(30)23(3,24-22(27)31)16-7-5-10-19(11-16)32-4/h5-12,15,28H,13-14H2,1-4H3,(H,24,31)(H,25,29). The van der Waals surface area contributed by atoms with Crippen LogP contribution in [0.15, 0.2) is 48.5 Å². The second-order valence-electron chi connectivity index (χ2n) is 8.26. The van der Waals surface area contributed by atoms with Gasteiger partial charge in [-0.2, -0.15) is 5.01 Å². The van der Waals surface area contributed by atoms with E-state index in [1.165, 1.54) is 7.11 Å². The average molecular weight is 441 g/mol. The van der Waals surface area contributed by atoms with Crippen LogP contribution in [0.2, 0.25) is 0 Å². The van der Waals surface area contributed by atoms with Crippen LogP contribution >= 0.6 is 0 Å². The molecule has 3 N–H and O–H groups in total. The normalized spacial score (nSPS) is 18.0. The second-order valence-corrected chi connectivity index (χ2v) is 8.26. The van der Waals surface area contributed by atoms with E-state index < -0.39 is 23.4 Å². The van der Waals surface area contributed by atoms with Crippen LogP contribution in [0.1, 0.15) is 26.3 Å². The lowest BCUT2D eigenvalue weighted by molar-refractivity contribution is -0.138. The first-order valence-electron chi connectivity index (χ1n) is 10.3. The number of nitrogens with zero attached hydrogens (tertiary/aromatic N) is 2. The topological polar surface area (TPSA) is 111 Å². The molecule has 0 spiro atoms. The van der Waals surface area contributed by atoms with Gasteiger partial charge in [0.1, 0.15) is 17.0 Å². The van der Waals surface area contributed by atoms with Gasteiger partial charge in [0.15, 0.2) is 0 Å². The van der Waals surface area contributed by atoms with Crippen molar-refractivity contribution in [2.45, 2.75) is 26.3 Å². The summed E-state index contributed by atoms with van der Waals surface area (Å²) in [6.07, 6.45) is 0. The molecule has 0 saturated carbocycles. The number of ether oxygens (including phenoxy) is 1. The molecule has 4 amide bonds. The zero-order valence-corrected chi connectivity index (χ0v) is 18.6. The van der Waals surface area contributed by atoms with E-state index in [1.54, 1.807) is 60.4 Å². The monoisotopic (exact) mass is 440 g/mol. The Morgan fingerprint density at radius 2 is 1.94 bits per heavy atom. The number of rotatable bonds is 8. The molecule has 0 aliphatic carbocycles. The summed E-state index contributed by atoms with van der Waals surface area (Å²) in [7, 11) is 1.51. The Kier molecular flexibility index (Phi) is 6.57. The number of phenolic OH excluding ortho intramolecular Hbond substituents is 1. The molecule has 9 nitrogen and oxygen atoms in total. The summed E-state index contributed by atoms with van der Waals surface area (Å²) < 4.78 is 5.21. The number of nitrogens with one attached hydrogen (secondary N) is 2. The van der Waals surface area contributed by atoms with Gasteiger partial charge in [-0.1, -0.05) is 32.0 Å². The van der Waals surface area contributed by atoms with Crippen molar-refractivity contribution in [2.24, 2.45) is 5.92 Å². The highest BCUT2D eigenvalue weighted by Gasteiger charge is 2.50. The molecule has 1 aliphatic heterocycles. The molecule has 1 aliphatic rings. The number of urea groups is 1. The third-order valence-electron chi connectivity index (χ3n) is 5.19. The van der Waals surface area contributed by atoms with Crippen LogP contribution in [0, 0.1) is 5.92 Å². The number of hydrogen-bond acceptors (Lipinski definition) is 6. The second kappa shape index (κ2) is 9.17. The van der Waals surface area contributed by atoms with E-state index in [9.17, 15) is 19.5 Å². The van der Waals surface area contributed by atoms with Crippen LogP contribution < -0.4 is 20.4 Å². The number of hydrazine groups is 1. The van der Waals surface area contributed by atoms with Gasteiger partial charge >= 0.3 is 6.03 Å². The molecular formula is C23H28N4O5. The minimum absolute atomic E-state index is 0.0832. The zero-order valence-electron chi connectivity index (χ0n) is 18.6. The predicted octanol–water partition coefficient (Wildman–Crippen LogP) is 2.36. The third kappa shape index (κ3) is 4.77. The molecule has 0 aromatic heterocycles. The lowest BCUT2D eigenvalue weighted by Gasteiger charge is -2.27. The first kappa shape index (κ1) is 22.9. The molecule has 32 heavy (non-hydrogen) atoms. The maximum atomic E-state index is 13.1. The molecule has 9 heteroatoms. The van der Waals surface area contributed by atoms with Crippen molar-refractivity contribution in [3.63, 3.8) is 0 Å². The Balaban J connectivity index is 1.76. The van der Waals surface area contributed by atoms with Gasteiger partial charge in [0.2, 0.25) is 0 Å². The van der Waals surface area contributed by atoms with Gasteiger partial charge in [0.05, 0.1) is 13.7 Å². The van der Waals surface area contributed by atoms with Gasteiger partial charge in [0.25, 0.3) is 11.8 Å². The molecule has 0 bridgehead atoms. The van der Waals surface area contributed by atoms with E-state index in [0.29, 0.717) is 28.6 Å². The number of carbonyl (C=O) groups is 3. The Morgan fingerprint density at radius 1 is 1.22 bits per heavy atom. The van der Waals surface area contributed by atoms with E-state index >= 15 is 0 Å². The molecular weight excluding hydrogens is 412 g/mol. The van der Waals surface area contributed by atoms with Crippen molar-refractivity contribution in [3.8, 4) is 11.5 Å². The lowest BCUT2D eigenvalue weighted by Crippen LogP contribution is -2.51. The minimum atomic E-state index is -1.35. The first-order chi connectivity index (χ1) is 15.1. The molecule has 2 aromatic carbocycles. The minimum Gasteiger partial charge on any atom is -0.508 e. The van der Waals surface area contributed by atoms with Gasteiger partial charge in [-0.25, -0.2) is 4.79 Å². The summed E-state index contributed by atoms with van der Waals surface area (Å²) in [4.78, 5) is 40.2. The molecule has 1 atom stereocenters. The smallest absolute Gasteiger partial charge is 0.344 e. The number of phenols is 1. The molecule has 1 saturated heterocycles. The van der Waals surface area contributed by atoms with E-state index in [2.05, 4.69) is 10.7 Å². The van der Waals surface area contributed by atoms with Crippen LogP contribution in [0.3, 0.4) is 0 Å². The van der Waals surface area contributed by atoms with Crippen molar-refractivity contribution >= 4 is 23.5 Å². The highest BCUT2D eigenvalue weighted by molar-refractivity contribution is 6.08. The third-order valence-corrected chi connectivity index (χ3v) is 5.19. The molecule has 170 valence electrons. The van der Waals surface area contributed by atoms with Crippen molar-refractivity contribution in [2.75, 3.05) is 25.1 Å². The Morgan fingerprint density at radius 3 is 2.59 bits per heavy atom. The number of aromatic hydroxyl groups is 1.